The van der Waals surface area contributed by atoms with Gasteiger partial charge >= 0.3 is 0 Å². The largest absolute Gasteiger partial charge is 0.376 e. The lowest BCUT2D eigenvalue weighted by atomic mass is 9.72. The molecule has 1 aromatic carbocycles. The summed E-state index contributed by atoms with van der Waals surface area (Å²) in [6.45, 7) is 4.21. The van der Waals surface area contributed by atoms with Crippen molar-refractivity contribution in [2.45, 2.75) is 51.2 Å². The highest BCUT2D eigenvalue weighted by Gasteiger charge is 2.42. The van der Waals surface area contributed by atoms with E-state index in [0.717, 1.165) is 24.0 Å². The number of likely N-dealkylation sites (N-methyl/N-ethyl adjacent to an activating group) is 1. The minimum absolute atomic E-state index is 0.0321. The van der Waals surface area contributed by atoms with E-state index < -0.39 is 0 Å². The molecule has 1 aliphatic carbocycles. The average Bonchev–Trinajstić information content (AvgIpc) is 2.38. The lowest BCUT2D eigenvalue weighted by Crippen LogP contribution is -2.47. The topological polar surface area (TPSA) is 21.3 Å². The fourth-order valence-corrected chi connectivity index (χ4v) is 3.77. The van der Waals surface area contributed by atoms with Crippen LogP contribution in [-0.4, -0.2) is 19.8 Å². The van der Waals surface area contributed by atoms with E-state index >= 15 is 0 Å². The van der Waals surface area contributed by atoms with E-state index in [0.29, 0.717) is 5.92 Å². The summed E-state index contributed by atoms with van der Waals surface area (Å²) in [5, 5.41) is 3.36. The summed E-state index contributed by atoms with van der Waals surface area (Å²) in [6, 6.07) is 5.29. The number of halogens is 1. The SMILES string of the molecule is CNC(c1cc(C)cc(F)c1)C1(OC)CCCC(C)C1. The Balaban J connectivity index is 2.38. The van der Waals surface area contributed by atoms with Crippen molar-refractivity contribution >= 4 is 0 Å². The van der Waals surface area contributed by atoms with Crippen LogP contribution in [0.15, 0.2) is 18.2 Å². The summed E-state index contributed by atoms with van der Waals surface area (Å²) in [4.78, 5) is 0. The van der Waals surface area contributed by atoms with Crippen LogP contribution in [0.3, 0.4) is 0 Å². The summed E-state index contributed by atoms with van der Waals surface area (Å²) in [6.07, 6.45) is 4.46. The highest BCUT2D eigenvalue weighted by molar-refractivity contribution is 5.28. The van der Waals surface area contributed by atoms with Crippen LogP contribution in [-0.2, 0) is 4.74 Å². The minimum atomic E-state index is -0.230. The fraction of sp³-hybridized carbons (Fsp3) is 0.647. The van der Waals surface area contributed by atoms with E-state index in [9.17, 15) is 4.39 Å². The molecule has 0 amide bonds. The van der Waals surface area contributed by atoms with Crippen molar-refractivity contribution < 1.29 is 9.13 Å². The van der Waals surface area contributed by atoms with Gasteiger partial charge in [0, 0.05) is 7.11 Å². The molecule has 0 bridgehead atoms. The molecule has 0 heterocycles. The van der Waals surface area contributed by atoms with Crippen molar-refractivity contribution in [3.8, 4) is 0 Å². The first-order valence-electron chi connectivity index (χ1n) is 7.50. The normalized spacial score (nSPS) is 28.4. The summed E-state index contributed by atoms with van der Waals surface area (Å²) in [7, 11) is 3.72. The molecule has 1 N–H and O–H groups in total. The van der Waals surface area contributed by atoms with Crippen molar-refractivity contribution in [1.29, 1.82) is 0 Å². The van der Waals surface area contributed by atoms with Crippen LogP contribution in [0.25, 0.3) is 0 Å². The number of hydrogen-bond donors (Lipinski definition) is 1. The van der Waals surface area contributed by atoms with Gasteiger partial charge in [-0.15, -0.1) is 0 Å². The molecule has 0 aromatic heterocycles. The van der Waals surface area contributed by atoms with Crippen LogP contribution in [0, 0.1) is 18.7 Å². The van der Waals surface area contributed by atoms with Gasteiger partial charge in [0.2, 0.25) is 0 Å². The number of hydrogen-bond acceptors (Lipinski definition) is 2. The Labute approximate surface area is 121 Å². The van der Waals surface area contributed by atoms with Gasteiger partial charge in [0.1, 0.15) is 5.82 Å². The molecule has 2 rings (SSSR count). The lowest BCUT2D eigenvalue weighted by molar-refractivity contribution is -0.0790. The zero-order valence-electron chi connectivity index (χ0n) is 13.0. The fourth-order valence-electron chi connectivity index (χ4n) is 3.77. The van der Waals surface area contributed by atoms with E-state index in [2.05, 4.69) is 18.3 Å². The molecule has 1 fully saturated rings. The predicted octanol–water partition coefficient (Wildman–Crippen LogP) is 3.99. The van der Waals surface area contributed by atoms with Crippen molar-refractivity contribution in [2.24, 2.45) is 5.92 Å². The molecule has 20 heavy (non-hydrogen) atoms. The van der Waals surface area contributed by atoms with Gasteiger partial charge in [-0.3, -0.25) is 0 Å². The minimum Gasteiger partial charge on any atom is -0.376 e. The predicted molar refractivity (Wildman–Crippen MR) is 80.3 cm³/mol. The maximum Gasteiger partial charge on any atom is 0.123 e. The van der Waals surface area contributed by atoms with Gasteiger partial charge < -0.3 is 10.1 Å². The maximum absolute atomic E-state index is 13.7. The Morgan fingerprint density at radius 3 is 2.70 bits per heavy atom. The molecule has 3 heteroatoms. The number of aryl methyl sites for hydroxylation is 1. The first-order chi connectivity index (χ1) is 9.50. The highest BCUT2D eigenvalue weighted by Crippen LogP contribution is 2.43. The maximum atomic E-state index is 13.7. The average molecular weight is 279 g/mol. The molecule has 112 valence electrons. The Morgan fingerprint density at radius 1 is 1.40 bits per heavy atom. The molecule has 1 aliphatic rings. The van der Waals surface area contributed by atoms with Crippen molar-refractivity contribution in [1.82, 2.24) is 5.32 Å². The van der Waals surface area contributed by atoms with Gasteiger partial charge in [-0.05, 0) is 56.0 Å². The summed E-state index contributed by atoms with van der Waals surface area (Å²) in [5.41, 5.74) is 1.71. The molecule has 2 nitrogen and oxygen atoms in total. The number of benzene rings is 1. The Kier molecular flexibility index (Phi) is 4.82. The van der Waals surface area contributed by atoms with Crippen LogP contribution < -0.4 is 5.32 Å². The number of methoxy groups -OCH3 is 1. The first kappa shape index (κ1) is 15.5. The Hall–Kier alpha value is -0.930. The van der Waals surface area contributed by atoms with Gasteiger partial charge in [0.25, 0.3) is 0 Å². The van der Waals surface area contributed by atoms with Crippen LogP contribution >= 0.6 is 0 Å². The molecule has 3 unspecified atom stereocenters. The number of nitrogens with one attached hydrogen (secondary N) is 1. The molecule has 0 radical (unpaired) electrons. The molecule has 3 atom stereocenters. The third-order valence-electron chi connectivity index (χ3n) is 4.61. The van der Waals surface area contributed by atoms with E-state index in [1.54, 1.807) is 19.2 Å². The van der Waals surface area contributed by atoms with Crippen molar-refractivity contribution in [2.75, 3.05) is 14.2 Å². The van der Waals surface area contributed by atoms with E-state index in [-0.39, 0.29) is 17.5 Å². The van der Waals surface area contributed by atoms with Gasteiger partial charge in [-0.1, -0.05) is 25.8 Å². The number of rotatable bonds is 4. The van der Waals surface area contributed by atoms with Crippen LogP contribution in [0.2, 0.25) is 0 Å². The first-order valence-corrected chi connectivity index (χ1v) is 7.50. The third-order valence-corrected chi connectivity index (χ3v) is 4.61. The van der Waals surface area contributed by atoms with Crippen LogP contribution in [0.4, 0.5) is 4.39 Å². The second-order valence-electron chi connectivity index (χ2n) is 6.25. The number of ether oxygens (including phenoxy) is 1. The van der Waals surface area contributed by atoms with E-state index in [1.807, 2.05) is 14.0 Å². The molecule has 0 spiro atoms. The van der Waals surface area contributed by atoms with E-state index in [4.69, 9.17) is 4.74 Å². The molecule has 0 aliphatic heterocycles. The second-order valence-corrected chi connectivity index (χ2v) is 6.25. The third kappa shape index (κ3) is 3.04. The lowest BCUT2D eigenvalue weighted by Gasteiger charge is -2.44. The molecule has 0 saturated heterocycles. The highest BCUT2D eigenvalue weighted by atomic mass is 19.1. The smallest absolute Gasteiger partial charge is 0.123 e. The molecular weight excluding hydrogens is 253 g/mol. The van der Waals surface area contributed by atoms with Gasteiger partial charge in [0.05, 0.1) is 11.6 Å². The zero-order chi connectivity index (χ0) is 14.8. The van der Waals surface area contributed by atoms with Crippen LogP contribution in [0.1, 0.15) is 49.8 Å². The van der Waals surface area contributed by atoms with Crippen molar-refractivity contribution in [3.05, 3.63) is 35.1 Å². The zero-order valence-corrected chi connectivity index (χ0v) is 13.0. The Morgan fingerprint density at radius 2 is 2.15 bits per heavy atom. The van der Waals surface area contributed by atoms with Crippen LogP contribution in [0.5, 0.6) is 0 Å². The molecule has 1 saturated carbocycles. The second kappa shape index (κ2) is 6.23. The summed E-state index contributed by atoms with van der Waals surface area (Å²) < 4.78 is 19.7. The quantitative estimate of drug-likeness (QED) is 0.900. The van der Waals surface area contributed by atoms with Gasteiger partial charge in [-0.2, -0.15) is 0 Å². The monoisotopic (exact) mass is 279 g/mol. The Bertz CT molecular complexity index is 442. The van der Waals surface area contributed by atoms with Crippen molar-refractivity contribution in [3.63, 3.8) is 0 Å². The van der Waals surface area contributed by atoms with Gasteiger partial charge in [0.15, 0.2) is 0 Å². The summed E-state index contributed by atoms with van der Waals surface area (Å²) >= 11 is 0. The molecule has 1 aromatic rings. The standard InChI is InChI=1S/C17H26FNO/c1-12-6-5-7-17(11-12,20-4)16(19-3)14-8-13(2)9-15(18)10-14/h8-10,12,16,19H,5-7,11H2,1-4H3. The summed E-state index contributed by atoms with van der Waals surface area (Å²) in [5.74, 6) is 0.476. The molecular formula is C17H26FNO. The van der Waals surface area contributed by atoms with E-state index in [1.165, 1.54) is 12.8 Å². The van der Waals surface area contributed by atoms with Gasteiger partial charge in [-0.25, -0.2) is 4.39 Å².